The second kappa shape index (κ2) is 8.54. The topological polar surface area (TPSA) is 68.7 Å². The molecule has 2 heterocycles. The summed E-state index contributed by atoms with van der Waals surface area (Å²) >= 11 is 0. The number of carbonyl (C=O) groups excluding carboxylic acids is 2. The van der Waals surface area contributed by atoms with Gasteiger partial charge in [-0.25, -0.2) is 14.2 Å². The van der Waals surface area contributed by atoms with Crippen molar-refractivity contribution >= 4 is 11.9 Å². The van der Waals surface area contributed by atoms with Crippen molar-refractivity contribution in [3.63, 3.8) is 0 Å². The molecule has 1 amide bonds. The van der Waals surface area contributed by atoms with E-state index in [0.29, 0.717) is 5.56 Å². The molecule has 6 nitrogen and oxygen atoms in total. The van der Waals surface area contributed by atoms with Crippen LogP contribution in [0.15, 0.2) is 12.1 Å². The SMILES string of the molecule is Cc1ccc(OCC(F)(F)F)nc1CC(=O)[C@@H]1C[C@@H](F)CN1C(=O)OC(C)(C)C. The summed E-state index contributed by atoms with van der Waals surface area (Å²) in [6.07, 6.45) is -7.11. The number of rotatable bonds is 5. The van der Waals surface area contributed by atoms with Crippen LogP contribution in [0.3, 0.4) is 0 Å². The Morgan fingerprint density at radius 2 is 1.90 bits per heavy atom. The Labute approximate surface area is 166 Å². The maximum absolute atomic E-state index is 13.9. The van der Waals surface area contributed by atoms with Crippen molar-refractivity contribution < 1.29 is 36.6 Å². The van der Waals surface area contributed by atoms with Crippen molar-refractivity contribution in [1.82, 2.24) is 9.88 Å². The molecule has 0 aromatic carbocycles. The van der Waals surface area contributed by atoms with Crippen molar-refractivity contribution in [1.29, 1.82) is 0 Å². The third-order valence-electron chi connectivity index (χ3n) is 4.15. The van der Waals surface area contributed by atoms with Crippen LogP contribution in [0.4, 0.5) is 22.4 Å². The lowest BCUT2D eigenvalue weighted by atomic mass is 10.0. The van der Waals surface area contributed by atoms with Gasteiger partial charge in [-0.2, -0.15) is 13.2 Å². The van der Waals surface area contributed by atoms with Gasteiger partial charge in [0.05, 0.1) is 24.7 Å². The van der Waals surface area contributed by atoms with Crippen LogP contribution in [0, 0.1) is 6.92 Å². The van der Waals surface area contributed by atoms with Crippen molar-refractivity contribution in [3.8, 4) is 5.88 Å². The molecule has 0 unspecified atom stereocenters. The van der Waals surface area contributed by atoms with E-state index in [1.165, 1.54) is 12.1 Å². The van der Waals surface area contributed by atoms with Crippen LogP contribution in [-0.2, 0) is 16.0 Å². The van der Waals surface area contributed by atoms with E-state index in [-0.39, 0.29) is 31.0 Å². The molecule has 1 saturated heterocycles. The summed E-state index contributed by atoms with van der Waals surface area (Å²) in [5.41, 5.74) is -0.0288. The van der Waals surface area contributed by atoms with Gasteiger partial charge in [0.2, 0.25) is 5.88 Å². The molecule has 0 saturated carbocycles. The molecular formula is C19H24F4N2O4. The van der Waals surface area contributed by atoms with E-state index in [1.807, 2.05) is 0 Å². The van der Waals surface area contributed by atoms with Crippen LogP contribution in [0.5, 0.6) is 5.88 Å². The average Bonchev–Trinajstić information content (AvgIpc) is 2.95. The van der Waals surface area contributed by atoms with E-state index >= 15 is 0 Å². The summed E-state index contributed by atoms with van der Waals surface area (Å²) in [5, 5.41) is 0. The average molecular weight is 420 g/mol. The molecule has 1 aromatic heterocycles. The molecule has 162 valence electrons. The normalized spacial score (nSPS) is 19.9. The minimum atomic E-state index is -4.52. The van der Waals surface area contributed by atoms with Gasteiger partial charge in [0.25, 0.3) is 0 Å². The molecule has 0 aliphatic carbocycles. The van der Waals surface area contributed by atoms with E-state index in [2.05, 4.69) is 9.72 Å². The summed E-state index contributed by atoms with van der Waals surface area (Å²) in [4.78, 5) is 30.1. The summed E-state index contributed by atoms with van der Waals surface area (Å²) in [7, 11) is 0. The first-order valence-electron chi connectivity index (χ1n) is 9.07. The number of amides is 1. The number of aryl methyl sites for hydroxylation is 1. The zero-order valence-electron chi connectivity index (χ0n) is 16.7. The fourth-order valence-corrected chi connectivity index (χ4v) is 2.86. The molecule has 1 aliphatic heterocycles. The highest BCUT2D eigenvalue weighted by Gasteiger charge is 2.41. The molecule has 0 radical (unpaired) electrons. The quantitative estimate of drug-likeness (QED) is 0.678. The molecule has 0 bridgehead atoms. The molecule has 0 N–H and O–H groups in total. The van der Waals surface area contributed by atoms with Gasteiger partial charge < -0.3 is 9.47 Å². The Bertz CT molecular complexity index is 762. The van der Waals surface area contributed by atoms with Gasteiger partial charge in [-0.1, -0.05) is 6.07 Å². The van der Waals surface area contributed by atoms with E-state index in [1.54, 1.807) is 27.7 Å². The maximum Gasteiger partial charge on any atom is 0.422 e. The first kappa shape index (κ1) is 22.9. The van der Waals surface area contributed by atoms with E-state index < -0.39 is 42.5 Å². The van der Waals surface area contributed by atoms with E-state index in [0.717, 1.165) is 4.90 Å². The van der Waals surface area contributed by atoms with Gasteiger partial charge in [-0.05, 0) is 33.3 Å². The summed E-state index contributed by atoms with van der Waals surface area (Å²) in [6, 6.07) is 1.73. The Balaban J connectivity index is 2.12. The number of hydrogen-bond donors (Lipinski definition) is 0. The zero-order valence-corrected chi connectivity index (χ0v) is 16.7. The van der Waals surface area contributed by atoms with Crippen LogP contribution in [0.25, 0.3) is 0 Å². The zero-order chi connectivity index (χ0) is 22.0. The van der Waals surface area contributed by atoms with Crippen molar-refractivity contribution in [2.75, 3.05) is 13.2 Å². The molecule has 29 heavy (non-hydrogen) atoms. The molecule has 0 spiro atoms. The highest BCUT2D eigenvalue weighted by Crippen LogP contribution is 2.26. The molecular weight excluding hydrogens is 396 g/mol. The van der Waals surface area contributed by atoms with Gasteiger partial charge >= 0.3 is 12.3 Å². The number of ketones is 1. The van der Waals surface area contributed by atoms with Gasteiger partial charge in [-0.15, -0.1) is 0 Å². The minimum Gasteiger partial charge on any atom is -0.468 e. The summed E-state index contributed by atoms with van der Waals surface area (Å²) in [6.45, 7) is 4.85. The number of hydrogen-bond acceptors (Lipinski definition) is 5. The summed E-state index contributed by atoms with van der Waals surface area (Å²) < 4.78 is 60.7. The Hall–Kier alpha value is -2.39. The second-order valence-electron chi connectivity index (χ2n) is 7.94. The van der Waals surface area contributed by atoms with Crippen LogP contribution in [0.2, 0.25) is 0 Å². The molecule has 2 rings (SSSR count). The number of pyridine rings is 1. The molecule has 1 fully saturated rings. The van der Waals surface area contributed by atoms with Gasteiger partial charge in [0.1, 0.15) is 11.8 Å². The van der Waals surface area contributed by atoms with E-state index in [9.17, 15) is 27.2 Å². The van der Waals surface area contributed by atoms with Crippen molar-refractivity contribution in [2.24, 2.45) is 0 Å². The molecule has 2 atom stereocenters. The lowest BCUT2D eigenvalue weighted by molar-refractivity contribution is -0.154. The van der Waals surface area contributed by atoms with Gasteiger partial charge in [-0.3, -0.25) is 9.69 Å². The Kier molecular flexibility index (Phi) is 6.74. The van der Waals surface area contributed by atoms with Gasteiger partial charge in [0.15, 0.2) is 12.4 Å². The monoisotopic (exact) mass is 420 g/mol. The highest BCUT2D eigenvalue weighted by molar-refractivity contribution is 5.89. The summed E-state index contributed by atoms with van der Waals surface area (Å²) in [5.74, 6) is -0.742. The number of Topliss-reactive ketones (excluding diaryl/α,β-unsaturated/α-hetero) is 1. The van der Waals surface area contributed by atoms with Crippen molar-refractivity contribution in [3.05, 3.63) is 23.4 Å². The smallest absolute Gasteiger partial charge is 0.422 e. The third-order valence-corrected chi connectivity index (χ3v) is 4.15. The number of halogens is 4. The molecule has 1 aliphatic rings. The predicted octanol–water partition coefficient (Wildman–Crippen LogP) is 3.79. The first-order chi connectivity index (χ1) is 13.2. The second-order valence-corrected chi connectivity index (χ2v) is 7.94. The lowest BCUT2D eigenvalue weighted by Gasteiger charge is -2.27. The first-order valence-corrected chi connectivity index (χ1v) is 9.07. The Morgan fingerprint density at radius 1 is 1.24 bits per heavy atom. The number of ether oxygens (including phenoxy) is 2. The fourth-order valence-electron chi connectivity index (χ4n) is 2.86. The number of carbonyl (C=O) groups is 2. The highest BCUT2D eigenvalue weighted by atomic mass is 19.4. The standard InChI is InChI=1S/C19H24F4N2O4/c1-11-5-6-16(28-10-19(21,22)23)24-13(11)8-15(26)14-7-12(20)9-25(14)17(27)29-18(2,3)4/h5-6,12,14H,7-10H2,1-4H3/t12-,14+/m1/s1. The lowest BCUT2D eigenvalue weighted by Crippen LogP contribution is -2.44. The maximum atomic E-state index is 13.9. The minimum absolute atomic E-state index is 0.165. The molecule has 1 aromatic rings. The van der Waals surface area contributed by atoms with Crippen LogP contribution in [-0.4, -0.2) is 58.9 Å². The van der Waals surface area contributed by atoms with Crippen LogP contribution < -0.4 is 4.74 Å². The number of nitrogens with zero attached hydrogens (tertiary/aromatic N) is 2. The number of aromatic nitrogens is 1. The van der Waals surface area contributed by atoms with Crippen molar-refractivity contribution in [2.45, 2.75) is 64.5 Å². The molecule has 10 heteroatoms. The fraction of sp³-hybridized carbons (Fsp3) is 0.632. The van der Waals surface area contributed by atoms with Gasteiger partial charge in [0, 0.05) is 12.5 Å². The van der Waals surface area contributed by atoms with Crippen LogP contribution in [0.1, 0.15) is 38.4 Å². The largest absolute Gasteiger partial charge is 0.468 e. The predicted molar refractivity (Wildman–Crippen MR) is 95.5 cm³/mol. The third kappa shape index (κ3) is 6.86. The number of likely N-dealkylation sites (tertiary alicyclic amines) is 1. The number of alkyl halides is 4. The van der Waals surface area contributed by atoms with Crippen LogP contribution >= 0.6 is 0 Å². The van der Waals surface area contributed by atoms with E-state index in [4.69, 9.17) is 4.74 Å². The Morgan fingerprint density at radius 3 is 2.48 bits per heavy atom.